The molecular weight excluding hydrogens is 312 g/mol. The van der Waals surface area contributed by atoms with Crippen LogP contribution < -0.4 is 4.90 Å². The van der Waals surface area contributed by atoms with Crippen LogP contribution in [0.25, 0.3) is 0 Å². The van der Waals surface area contributed by atoms with Crippen LogP contribution in [-0.4, -0.2) is 37.1 Å². The molecule has 0 N–H and O–H groups in total. The Morgan fingerprint density at radius 2 is 2.00 bits per heavy atom. The second-order valence-corrected chi connectivity index (χ2v) is 6.49. The molecule has 1 aromatic carbocycles. The summed E-state index contributed by atoms with van der Waals surface area (Å²) in [6.07, 6.45) is 3.96. The second kappa shape index (κ2) is 5.40. The van der Waals surface area contributed by atoms with E-state index in [1.807, 2.05) is 0 Å². The zero-order valence-electron chi connectivity index (χ0n) is 10.4. The van der Waals surface area contributed by atoms with E-state index in [0.29, 0.717) is 0 Å². The van der Waals surface area contributed by atoms with Crippen LogP contribution >= 0.6 is 27.5 Å². The first-order valence-corrected chi connectivity index (χ1v) is 7.85. The molecule has 2 aliphatic rings. The predicted molar refractivity (Wildman–Crippen MR) is 80.6 cm³/mol. The van der Waals surface area contributed by atoms with Crippen molar-refractivity contribution in [3.05, 3.63) is 27.7 Å². The van der Waals surface area contributed by atoms with Crippen molar-refractivity contribution in [1.29, 1.82) is 0 Å². The van der Waals surface area contributed by atoms with Crippen molar-refractivity contribution in [2.45, 2.75) is 25.3 Å². The number of anilines is 1. The van der Waals surface area contributed by atoms with E-state index in [-0.39, 0.29) is 0 Å². The zero-order chi connectivity index (χ0) is 12.5. The average molecular weight is 330 g/mol. The summed E-state index contributed by atoms with van der Waals surface area (Å²) >= 11 is 9.66. The van der Waals surface area contributed by atoms with Gasteiger partial charge in [0, 0.05) is 35.8 Å². The fourth-order valence-corrected chi connectivity index (χ4v) is 3.54. The van der Waals surface area contributed by atoms with E-state index in [9.17, 15) is 0 Å². The number of benzene rings is 1. The van der Waals surface area contributed by atoms with Gasteiger partial charge >= 0.3 is 0 Å². The zero-order valence-corrected chi connectivity index (χ0v) is 12.8. The Labute approximate surface area is 122 Å². The molecule has 2 nitrogen and oxygen atoms in total. The largest absolute Gasteiger partial charge is 0.370 e. The topological polar surface area (TPSA) is 6.48 Å². The highest BCUT2D eigenvalue weighted by Crippen LogP contribution is 2.30. The van der Waals surface area contributed by atoms with E-state index >= 15 is 0 Å². The fourth-order valence-electron chi connectivity index (χ4n) is 3.12. The third-order valence-electron chi connectivity index (χ3n) is 4.07. The maximum Gasteiger partial charge on any atom is 0.0568 e. The van der Waals surface area contributed by atoms with Gasteiger partial charge in [0.15, 0.2) is 0 Å². The van der Waals surface area contributed by atoms with Crippen molar-refractivity contribution >= 4 is 33.2 Å². The van der Waals surface area contributed by atoms with Gasteiger partial charge in [-0.1, -0.05) is 11.6 Å². The lowest BCUT2D eigenvalue weighted by molar-refractivity contribution is 0.273. The minimum Gasteiger partial charge on any atom is -0.370 e. The van der Waals surface area contributed by atoms with Gasteiger partial charge in [-0.2, -0.15) is 0 Å². The minimum absolute atomic E-state index is 0.745. The van der Waals surface area contributed by atoms with Gasteiger partial charge in [0.05, 0.1) is 5.02 Å². The third-order valence-corrected chi connectivity index (χ3v) is 5.30. The molecule has 18 heavy (non-hydrogen) atoms. The Morgan fingerprint density at radius 1 is 1.17 bits per heavy atom. The Bertz CT molecular complexity index is 438. The van der Waals surface area contributed by atoms with Crippen LogP contribution in [0.4, 0.5) is 5.69 Å². The van der Waals surface area contributed by atoms with Gasteiger partial charge in [-0.15, -0.1) is 0 Å². The van der Waals surface area contributed by atoms with Crippen molar-refractivity contribution in [3.8, 4) is 0 Å². The number of hydrogen-bond donors (Lipinski definition) is 0. The maximum atomic E-state index is 6.20. The molecule has 0 aliphatic carbocycles. The van der Waals surface area contributed by atoms with Crippen molar-refractivity contribution < 1.29 is 0 Å². The summed E-state index contributed by atoms with van der Waals surface area (Å²) < 4.78 is 0.977. The molecule has 2 heterocycles. The number of rotatable bonds is 1. The van der Waals surface area contributed by atoms with Crippen molar-refractivity contribution in [1.82, 2.24) is 4.90 Å². The first kappa shape index (κ1) is 12.8. The highest BCUT2D eigenvalue weighted by Gasteiger charge is 2.28. The Morgan fingerprint density at radius 3 is 2.83 bits per heavy atom. The average Bonchev–Trinajstić information content (AvgIpc) is 2.70. The van der Waals surface area contributed by atoms with E-state index in [4.69, 9.17) is 11.6 Å². The monoisotopic (exact) mass is 328 g/mol. The van der Waals surface area contributed by atoms with Gasteiger partial charge in [-0.3, -0.25) is 4.90 Å². The van der Waals surface area contributed by atoms with Gasteiger partial charge in [-0.05, 0) is 59.9 Å². The summed E-state index contributed by atoms with van der Waals surface area (Å²) in [5, 5.41) is 0.806. The highest BCUT2D eigenvalue weighted by atomic mass is 79.9. The Balaban J connectivity index is 1.80. The van der Waals surface area contributed by atoms with Crippen LogP contribution in [0.15, 0.2) is 22.7 Å². The second-order valence-electron chi connectivity index (χ2n) is 5.23. The van der Waals surface area contributed by atoms with E-state index < -0.39 is 0 Å². The van der Waals surface area contributed by atoms with E-state index in [1.54, 1.807) is 0 Å². The molecule has 4 heteroatoms. The molecule has 2 saturated heterocycles. The van der Waals surface area contributed by atoms with Crippen molar-refractivity contribution in [2.24, 2.45) is 0 Å². The molecule has 0 aromatic heterocycles. The highest BCUT2D eigenvalue weighted by molar-refractivity contribution is 9.10. The molecule has 2 aliphatic heterocycles. The maximum absolute atomic E-state index is 6.20. The van der Waals surface area contributed by atoms with Crippen LogP contribution in [0.5, 0.6) is 0 Å². The lowest BCUT2D eigenvalue weighted by Crippen LogP contribution is -2.36. The molecule has 0 spiro atoms. The Hall–Kier alpha value is -0.250. The molecule has 98 valence electrons. The van der Waals surface area contributed by atoms with Crippen molar-refractivity contribution in [3.63, 3.8) is 0 Å². The van der Waals surface area contributed by atoms with E-state index in [0.717, 1.165) is 28.6 Å². The standard InChI is InChI=1S/C14H18BrClN2/c15-13-5-4-11(9-14(13)16)18-8-2-7-17-6-1-3-12(17)10-18/h4-5,9,12H,1-3,6-8,10H2. The molecule has 0 bridgehead atoms. The summed E-state index contributed by atoms with van der Waals surface area (Å²) in [6.45, 7) is 4.84. The summed E-state index contributed by atoms with van der Waals surface area (Å²) in [5.74, 6) is 0. The number of nitrogens with zero attached hydrogens (tertiary/aromatic N) is 2. The number of fused-ring (bicyclic) bond motifs is 1. The molecule has 2 fully saturated rings. The first-order chi connectivity index (χ1) is 8.74. The molecular formula is C14H18BrClN2. The summed E-state index contributed by atoms with van der Waals surface area (Å²) in [4.78, 5) is 5.15. The normalized spacial score (nSPS) is 25.0. The van der Waals surface area contributed by atoms with Gasteiger partial charge in [0.1, 0.15) is 0 Å². The first-order valence-electron chi connectivity index (χ1n) is 6.68. The van der Waals surface area contributed by atoms with E-state index in [2.05, 4.69) is 43.9 Å². The summed E-state index contributed by atoms with van der Waals surface area (Å²) in [6, 6.07) is 7.04. The fraction of sp³-hybridized carbons (Fsp3) is 0.571. The third kappa shape index (κ3) is 2.54. The van der Waals surface area contributed by atoms with Crippen molar-refractivity contribution in [2.75, 3.05) is 31.1 Å². The van der Waals surface area contributed by atoms with Crippen LogP contribution in [0, 0.1) is 0 Å². The number of hydrogen-bond acceptors (Lipinski definition) is 2. The van der Waals surface area contributed by atoms with Gasteiger partial charge < -0.3 is 4.90 Å². The van der Waals surface area contributed by atoms with Gasteiger partial charge in [0.25, 0.3) is 0 Å². The van der Waals surface area contributed by atoms with Crippen LogP contribution in [0.2, 0.25) is 5.02 Å². The summed E-state index contributed by atoms with van der Waals surface area (Å²) in [7, 11) is 0. The lowest BCUT2D eigenvalue weighted by atomic mass is 10.2. The molecule has 3 rings (SSSR count). The predicted octanol–water partition coefficient (Wildman–Crippen LogP) is 3.78. The molecule has 0 radical (unpaired) electrons. The van der Waals surface area contributed by atoms with Gasteiger partial charge in [0.2, 0.25) is 0 Å². The Kier molecular flexibility index (Phi) is 3.83. The SMILES string of the molecule is Clc1cc(N2CCCN3CCCC3C2)ccc1Br. The molecule has 0 amide bonds. The molecule has 1 atom stereocenters. The molecule has 1 unspecified atom stereocenters. The molecule has 0 saturated carbocycles. The van der Waals surface area contributed by atoms with Crippen LogP contribution in [0.3, 0.4) is 0 Å². The van der Waals surface area contributed by atoms with Gasteiger partial charge in [-0.25, -0.2) is 0 Å². The lowest BCUT2D eigenvalue weighted by Gasteiger charge is -2.27. The number of halogens is 2. The van der Waals surface area contributed by atoms with E-state index in [1.165, 1.54) is 38.0 Å². The quantitative estimate of drug-likeness (QED) is 0.774. The van der Waals surface area contributed by atoms with Crippen LogP contribution in [-0.2, 0) is 0 Å². The summed E-state index contributed by atoms with van der Waals surface area (Å²) in [5.41, 5.74) is 1.26. The van der Waals surface area contributed by atoms with Crippen LogP contribution in [0.1, 0.15) is 19.3 Å². The minimum atomic E-state index is 0.745. The smallest absolute Gasteiger partial charge is 0.0568 e. The molecule has 1 aromatic rings.